The van der Waals surface area contributed by atoms with Gasteiger partial charge in [-0.2, -0.15) is 0 Å². The van der Waals surface area contributed by atoms with Gasteiger partial charge in [0.2, 0.25) is 11.8 Å². The Balaban J connectivity index is 2.88. The van der Waals surface area contributed by atoms with Crippen molar-refractivity contribution in [2.45, 2.75) is 65.6 Å². The van der Waals surface area contributed by atoms with Crippen LogP contribution < -0.4 is 5.32 Å². The van der Waals surface area contributed by atoms with Gasteiger partial charge >= 0.3 is 0 Å². The fourth-order valence-corrected chi connectivity index (χ4v) is 2.64. The maximum atomic E-state index is 12.6. The van der Waals surface area contributed by atoms with Crippen LogP contribution >= 0.6 is 0 Å². The fourth-order valence-electron chi connectivity index (χ4n) is 2.64. The summed E-state index contributed by atoms with van der Waals surface area (Å²) in [5, 5.41) is 2.88. The molecule has 5 nitrogen and oxygen atoms in total. The SMILES string of the molecule is CCOC(C)CN1C(=O)C(C(C)CC)NC(=O)C1CC. The van der Waals surface area contributed by atoms with Crippen molar-refractivity contribution in [1.29, 1.82) is 0 Å². The third-order valence-electron chi connectivity index (χ3n) is 4.03. The number of carbonyl (C=O) groups excluding carboxylic acids is 2. The number of nitrogens with one attached hydrogen (secondary N) is 1. The Hall–Kier alpha value is -1.10. The molecule has 0 radical (unpaired) electrons. The van der Waals surface area contributed by atoms with Crippen molar-refractivity contribution >= 4 is 11.8 Å². The Morgan fingerprint density at radius 1 is 1.25 bits per heavy atom. The van der Waals surface area contributed by atoms with E-state index in [9.17, 15) is 9.59 Å². The van der Waals surface area contributed by atoms with E-state index in [-0.39, 0.29) is 29.9 Å². The maximum Gasteiger partial charge on any atom is 0.246 e. The summed E-state index contributed by atoms with van der Waals surface area (Å²) < 4.78 is 5.52. The van der Waals surface area contributed by atoms with Crippen molar-refractivity contribution in [3.8, 4) is 0 Å². The molecule has 4 atom stereocenters. The maximum absolute atomic E-state index is 12.6. The molecule has 0 saturated carbocycles. The molecule has 5 heteroatoms. The van der Waals surface area contributed by atoms with E-state index in [0.29, 0.717) is 19.6 Å². The molecular weight excluding hydrogens is 256 g/mol. The zero-order chi connectivity index (χ0) is 15.3. The van der Waals surface area contributed by atoms with Gasteiger partial charge in [0.15, 0.2) is 0 Å². The topological polar surface area (TPSA) is 58.6 Å². The molecule has 4 unspecified atom stereocenters. The van der Waals surface area contributed by atoms with E-state index in [0.717, 1.165) is 6.42 Å². The number of carbonyl (C=O) groups is 2. The van der Waals surface area contributed by atoms with Crippen LogP contribution in [0.5, 0.6) is 0 Å². The molecular formula is C15H28N2O3. The Kier molecular flexibility index (Phi) is 6.46. The van der Waals surface area contributed by atoms with Crippen LogP contribution in [0.1, 0.15) is 47.5 Å². The highest BCUT2D eigenvalue weighted by atomic mass is 16.5. The first kappa shape index (κ1) is 17.0. The van der Waals surface area contributed by atoms with Crippen LogP contribution in [0.15, 0.2) is 0 Å². The minimum absolute atomic E-state index is 0.0253. The van der Waals surface area contributed by atoms with Crippen LogP contribution in [0.4, 0.5) is 0 Å². The molecule has 2 amide bonds. The number of ether oxygens (including phenoxy) is 1. The third-order valence-corrected chi connectivity index (χ3v) is 4.03. The van der Waals surface area contributed by atoms with Crippen molar-refractivity contribution in [2.75, 3.05) is 13.2 Å². The smallest absolute Gasteiger partial charge is 0.246 e. The molecule has 1 saturated heterocycles. The molecule has 1 N–H and O–H groups in total. The lowest BCUT2D eigenvalue weighted by molar-refractivity contribution is -0.153. The van der Waals surface area contributed by atoms with Crippen LogP contribution in [0.2, 0.25) is 0 Å². The van der Waals surface area contributed by atoms with Crippen molar-refractivity contribution < 1.29 is 14.3 Å². The monoisotopic (exact) mass is 284 g/mol. The molecule has 0 aromatic heterocycles. The van der Waals surface area contributed by atoms with Gasteiger partial charge in [-0.15, -0.1) is 0 Å². The number of amides is 2. The highest BCUT2D eigenvalue weighted by Crippen LogP contribution is 2.20. The molecule has 20 heavy (non-hydrogen) atoms. The highest BCUT2D eigenvalue weighted by molar-refractivity contribution is 5.97. The summed E-state index contributed by atoms with van der Waals surface area (Å²) in [5.74, 6) is 0.132. The van der Waals surface area contributed by atoms with Crippen LogP contribution in [0.25, 0.3) is 0 Å². The van der Waals surface area contributed by atoms with Gasteiger partial charge in [0.25, 0.3) is 0 Å². The Morgan fingerprint density at radius 2 is 1.90 bits per heavy atom. The van der Waals surface area contributed by atoms with Crippen LogP contribution in [0.3, 0.4) is 0 Å². The highest BCUT2D eigenvalue weighted by Gasteiger charge is 2.41. The largest absolute Gasteiger partial charge is 0.377 e. The van der Waals surface area contributed by atoms with Crippen molar-refractivity contribution in [3.05, 3.63) is 0 Å². The normalized spacial score (nSPS) is 26.4. The molecule has 1 fully saturated rings. The molecule has 116 valence electrons. The Morgan fingerprint density at radius 3 is 2.40 bits per heavy atom. The van der Waals surface area contributed by atoms with E-state index in [1.807, 2.05) is 34.6 Å². The van der Waals surface area contributed by atoms with Gasteiger partial charge in [-0.05, 0) is 26.2 Å². The number of hydrogen-bond acceptors (Lipinski definition) is 3. The van der Waals surface area contributed by atoms with Gasteiger partial charge in [-0.25, -0.2) is 0 Å². The lowest BCUT2D eigenvalue weighted by Gasteiger charge is -2.41. The number of piperazine rings is 1. The Bertz CT molecular complexity index is 346. The quantitative estimate of drug-likeness (QED) is 0.772. The molecule has 1 aliphatic heterocycles. The lowest BCUT2D eigenvalue weighted by Crippen LogP contribution is -2.65. The van der Waals surface area contributed by atoms with E-state index < -0.39 is 6.04 Å². The summed E-state index contributed by atoms with van der Waals surface area (Å²) in [4.78, 5) is 26.5. The summed E-state index contributed by atoms with van der Waals surface area (Å²) in [6, 6.07) is -0.769. The number of rotatable bonds is 7. The first-order valence-corrected chi connectivity index (χ1v) is 7.68. The van der Waals surface area contributed by atoms with Gasteiger partial charge < -0.3 is 15.0 Å². The molecule has 0 aromatic rings. The molecule has 0 bridgehead atoms. The van der Waals surface area contributed by atoms with E-state index >= 15 is 0 Å². The lowest BCUT2D eigenvalue weighted by atomic mass is 9.93. The molecule has 0 aliphatic carbocycles. The van der Waals surface area contributed by atoms with E-state index in [1.165, 1.54) is 0 Å². The van der Waals surface area contributed by atoms with E-state index in [2.05, 4.69) is 5.32 Å². The van der Waals surface area contributed by atoms with Crippen molar-refractivity contribution in [1.82, 2.24) is 10.2 Å². The molecule has 1 rings (SSSR count). The first-order chi connectivity index (χ1) is 9.46. The summed E-state index contributed by atoms with van der Waals surface area (Å²) in [6.07, 6.45) is 1.44. The summed E-state index contributed by atoms with van der Waals surface area (Å²) in [5.41, 5.74) is 0. The number of hydrogen-bond donors (Lipinski definition) is 1. The van der Waals surface area contributed by atoms with Gasteiger partial charge in [0, 0.05) is 13.2 Å². The average Bonchev–Trinajstić information content (AvgIpc) is 2.42. The minimum atomic E-state index is -0.399. The zero-order valence-electron chi connectivity index (χ0n) is 13.3. The van der Waals surface area contributed by atoms with Gasteiger partial charge in [0.05, 0.1) is 6.10 Å². The van der Waals surface area contributed by atoms with Gasteiger partial charge in [-0.1, -0.05) is 27.2 Å². The van der Waals surface area contributed by atoms with Crippen LogP contribution in [-0.4, -0.2) is 48.1 Å². The predicted molar refractivity (Wildman–Crippen MR) is 78.3 cm³/mol. The molecule has 0 aromatic carbocycles. The standard InChI is InChI=1S/C15H28N2O3/c1-6-10(4)13-15(19)17(9-11(5)20-8-3)12(7-2)14(18)16-13/h10-13H,6-9H2,1-5H3,(H,16,18). The van der Waals surface area contributed by atoms with Gasteiger partial charge in [0.1, 0.15) is 12.1 Å². The minimum Gasteiger partial charge on any atom is -0.377 e. The summed E-state index contributed by atoms with van der Waals surface area (Å²) in [6.45, 7) is 10.9. The second-order valence-corrected chi connectivity index (χ2v) is 5.55. The summed E-state index contributed by atoms with van der Waals surface area (Å²) >= 11 is 0. The second kappa shape index (κ2) is 7.62. The second-order valence-electron chi connectivity index (χ2n) is 5.55. The fraction of sp³-hybridized carbons (Fsp3) is 0.867. The predicted octanol–water partition coefficient (Wildman–Crippen LogP) is 1.56. The zero-order valence-corrected chi connectivity index (χ0v) is 13.3. The summed E-state index contributed by atoms with van der Waals surface area (Å²) in [7, 11) is 0. The third kappa shape index (κ3) is 3.72. The Labute approximate surface area is 122 Å². The van der Waals surface area contributed by atoms with E-state index in [4.69, 9.17) is 4.74 Å². The van der Waals surface area contributed by atoms with Gasteiger partial charge in [-0.3, -0.25) is 9.59 Å². The molecule has 1 heterocycles. The number of nitrogens with zero attached hydrogens (tertiary/aromatic N) is 1. The van der Waals surface area contributed by atoms with Crippen molar-refractivity contribution in [2.24, 2.45) is 5.92 Å². The molecule has 0 spiro atoms. The first-order valence-electron chi connectivity index (χ1n) is 7.68. The molecule has 1 aliphatic rings. The van der Waals surface area contributed by atoms with Crippen molar-refractivity contribution in [3.63, 3.8) is 0 Å². The van der Waals surface area contributed by atoms with Crippen LogP contribution in [-0.2, 0) is 14.3 Å². The van der Waals surface area contributed by atoms with Crippen LogP contribution in [0, 0.1) is 5.92 Å². The van der Waals surface area contributed by atoms with E-state index in [1.54, 1.807) is 4.90 Å². The average molecular weight is 284 g/mol.